The van der Waals surface area contributed by atoms with Gasteiger partial charge in [-0.2, -0.15) is 0 Å². The Labute approximate surface area is 192 Å². The Morgan fingerprint density at radius 1 is 0.742 bits per heavy atom. The summed E-state index contributed by atoms with van der Waals surface area (Å²) in [4.78, 5) is 12.7. The van der Waals surface area contributed by atoms with E-state index in [0.29, 0.717) is 27.4 Å². The Morgan fingerprint density at radius 3 is 2.10 bits per heavy atom. The van der Waals surface area contributed by atoms with Gasteiger partial charge in [0.15, 0.2) is 0 Å². The number of fused-ring (bicyclic) bond motifs is 7. The van der Waals surface area contributed by atoms with Crippen LogP contribution in [-0.4, -0.2) is 5.78 Å². The smallest absolute Gasteiger partial charge is 0.136 e. The van der Waals surface area contributed by atoms with E-state index in [0.717, 1.165) is 42.4 Å². The molecule has 0 saturated heterocycles. The Bertz CT molecular complexity index is 768. The summed E-state index contributed by atoms with van der Waals surface area (Å²) in [5.74, 6) is 5.04. The highest BCUT2D eigenvalue weighted by atomic mass is 16.1. The fourth-order valence-corrected chi connectivity index (χ4v) is 11.7. The van der Waals surface area contributed by atoms with Crippen molar-refractivity contribution < 1.29 is 4.79 Å². The van der Waals surface area contributed by atoms with Crippen LogP contribution in [0.15, 0.2) is 0 Å². The molecule has 0 spiro atoms. The van der Waals surface area contributed by atoms with E-state index in [1.807, 2.05) is 0 Å². The molecule has 5 aliphatic rings. The number of carbonyl (C=O) groups excluding carboxylic acids is 1. The first-order valence-electron chi connectivity index (χ1n) is 13.9. The van der Waals surface area contributed by atoms with Crippen LogP contribution in [0.3, 0.4) is 0 Å². The van der Waals surface area contributed by atoms with Crippen LogP contribution in [0.2, 0.25) is 0 Å². The van der Waals surface area contributed by atoms with Gasteiger partial charge in [0.25, 0.3) is 0 Å². The van der Waals surface area contributed by atoms with Gasteiger partial charge in [0.1, 0.15) is 5.78 Å². The number of hydrogen-bond acceptors (Lipinski definition) is 1. The van der Waals surface area contributed by atoms with Crippen LogP contribution in [0.25, 0.3) is 0 Å². The van der Waals surface area contributed by atoms with E-state index < -0.39 is 0 Å². The molecule has 5 rings (SSSR count). The van der Waals surface area contributed by atoms with Gasteiger partial charge in [0.05, 0.1) is 0 Å². The molecule has 5 fully saturated rings. The lowest BCUT2D eigenvalue weighted by Crippen LogP contribution is -2.67. The lowest BCUT2D eigenvalue weighted by molar-refractivity contribution is -0.247. The molecule has 0 aromatic carbocycles. The zero-order valence-corrected chi connectivity index (χ0v) is 21.9. The zero-order valence-electron chi connectivity index (χ0n) is 21.9. The SMILES string of the molecule is CC(C)C1CCC2(C)CCC3(C)C4CCC5(C)C(C)C(=O)CCC5C4(C)CCC3(C)C12. The van der Waals surface area contributed by atoms with E-state index in [4.69, 9.17) is 0 Å². The third-order valence-corrected chi connectivity index (χ3v) is 13.8. The summed E-state index contributed by atoms with van der Waals surface area (Å²) in [7, 11) is 0. The van der Waals surface area contributed by atoms with Crippen LogP contribution in [-0.2, 0) is 4.79 Å². The molecule has 1 heteroatoms. The summed E-state index contributed by atoms with van der Waals surface area (Å²) >= 11 is 0. The van der Waals surface area contributed by atoms with E-state index >= 15 is 0 Å². The number of carbonyl (C=O) groups is 1. The second kappa shape index (κ2) is 6.63. The molecule has 0 aromatic heterocycles. The minimum Gasteiger partial charge on any atom is -0.299 e. The summed E-state index contributed by atoms with van der Waals surface area (Å²) in [6.45, 7) is 20.7. The second-order valence-electron chi connectivity index (χ2n) is 14.8. The number of rotatable bonds is 1. The predicted octanol–water partition coefficient (Wildman–Crippen LogP) is 8.31. The predicted molar refractivity (Wildman–Crippen MR) is 130 cm³/mol. The molecule has 10 atom stereocenters. The fourth-order valence-electron chi connectivity index (χ4n) is 11.7. The molecular formula is C30H50O. The maximum absolute atomic E-state index is 12.7. The molecule has 0 amide bonds. The lowest BCUT2D eigenvalue weighted by Gasteiger charge is -2.73. The van der Waals surface area contributed by atoms with E-state index in [9.17, 15) is 4.79 Å². The largest absolute Gasteiger partial charge is 0.299 e. The normalized spacial score (nSPS) is 59.0. The van der Waals surface area contributed by atoms with Crippen molar-refractivity contribution in [1.29, 1.82) is 0 Å². The first-order valence-corrected chi connectivity index (χ1v) is 13.9. The summed E-state index contributed by atoms with van der Waals surface area (Å²) in [5.41, 5.74) is 2.19. The standard InChI is InChI=1S/C30H50O/c1-19(2)21-11-13-26(4)15-17-29(7)24-12-14-27(5)20(3)22(31)9-10-23(27)28(24,6)16-18-30(29,8)25(21)26/h19-21,23-25H,9-18H2,1-8H3. The third kappa shape index (κ3) is 2.59. The molecule has 0 aromatic rings. The molecule has 0 heterocycles. The maximum atomic E-state index is 12.7. The molecule has 31 heavy (non-hydrogen) atoms. The van der Waals surface area contributed by atoms with E-state index in [2.05, 4.69) is 55.4 Å². The van der Waals surface area contributed by atoms with Crippen molar-refractivity contribution in [1.82, 2.24) is 0 Å². The van der Waals surface area contributed by atoms with E-state index in [1.54, 1.807) is 0 Å². The summed E-state index contributed by atoms with van der Waals surface area (Å²) in [6, 6.07) is 0. The van der Waals surface area contributed by atoms with E-state index in [-0.39, 0.29) is 11.3 Å². The van der Waals surface area contributed by atoms with Gasteiger partial charge in [-0.1, -0.05) is 55.4 Å². The molecule has 176 valence electrons. The molecule has 10 unspecified atom stereocenters. The summed E-state index contributed by atoms with van der Waals surface area (Å²) in [6.07, 6.45) is 13.3. The molecule has 1 nitrogen and oxygen atoms in total. The fraction of sp³-hybridized carbons (Fsp3) is 0.967. The van der Waals surface area contributed by atoms with Crippen LogP contribution < -0.4 is 0 Å². The molecule has 5 aliphatic carbocycles. The van der Waals surface area contributed by atoms with Crippen molar-refractivity contribution in [2.75, 3.05) is 0 Å². The Balaban J connectivity index is 1.56. The summed E-state index contributed by atoms with van der Waals surface area (Å²) in [5, 5.41) is 0. The molecule has 0 N–H and O–H groups in total. The van der Waals surface area contributed by atoms with Gasteiger partial charge in [-0.3, -0.25) is 4.79 Å². The minimum absolute atomic E-state index is 0.238. The lowest BCUT2D eigenvalue weighted by atomic mass is 9.31. The van der Waals surface area contributed by atoms with Crippen LogP contribution in [0.4, 0.5) is 0 Å². The topological polar surface area (TPSA) is 17.1 Å². The van der Waals surface area contributed by atoms with Gasteiger partial charge in [-0.05, 0) is 114 Å². The van der Waals surface area contributed by atoms with Crippen LogP contribution in [0, 0.1) is 62.6 Å². The van der Waals surface area contributed by atoms with Gasteiger partial charge >= 0.3 is 0 Å². The molecule has 5 saturated carbocycles. The Hall–Kier alpha value is -0.330. The minimum atomic E-state index is 0.238. The maximum Gasteiger partial charge on any atom is 0.136 e. The van der Waals surface area contributed by atoms with E-state index in [1.165, 1.54) is 51.4 Å². The third-order valence-electron chi connectivity index (χ3n) is 13.8. The highest BCUT2D eigenvalue weighted by Crippen LogP contribution is 2.79. The summed E-state index contributed by atoms with van der Waals surface area (Å²) < 4.78 is 0. The quantitative estimate of drug-likeness (QED) is 0.412. The average molecular weight is 427 g/mol. The van der Waals surface area contributed by atoms with Crippen molar-refractivity contribution >= 4 is 5.78 Å². The highest BCUT2D eigenvalue weighted by molar-refractivity contribution is 5.82. The van der Waals surface area contributed by atoms with Crippen molar-refractivity contribution in [3.63, 3.8) is 0 Å². The Morgan fingerprint density at radius 2 is 1.42 bits per heavy atom. The Kier molecular flexibility index (Phi) is 4.80. The van der Waals surface area contributed by atoms with Gasteiger partial charge in [0.2, 0.25) is 0 Å². The van der Waals surface area contributed by atoms with Crippen LogP contribution in [0.5, 0.6) is 0 Å². The zero-order chi connectivity index (χ0) is 22.6. The van der Waals surface area contributed by atoms with Gasteiger partial charge < -0.3 is 0 Å². The molecule has 0 aliphatic heterocycles. The first-order chi connectivity index (χ1) is 14.3. The van der Waals surface area contributed by atoms with Crippen molar-refractivity contribution in [2.24, 2.45) is 62.6 Å². The highest BCUT2D eigenvalue weighted by Gasteiger charge is 2.71. The van der Waals surface area contributed by atoms with Crippen LogP contribution in [0.1, 0.15) is 120 Å². The van der Waals surface area contributed by atoms with Crippen molar-refractivity contribution in [3.05, 3.63) is 0 Å². The second-order valence-corrected chi connectivity index (χ2v) is 14.8. The molecule has 0 radical (unpaired) electrons. The number of Topliss-reactive ketones (excluding diaryl/α,β-unsaturated/α-hetero) is 1. The molecular weight excluding hydrogens is 376 g/mol. The van der Waals surface area contributed by atoms with Gasteiger partial charge in [0, 0.05) is 12.3 Å². The average Bonchev–Trinajstić information content (AvgIpc) is 3.06. The van der Waals surface area contributed by atoms with Gasteiger partial charge in [-0.25, -0.2) is 0 Å². The van der Waals surface area contributed by atoms with Crippen molar-refractivity contribution in [3.8, 4) is 0 Å². The number of hydrogen-bond donors (Lipinski definition) is 0. The monoisotopic (exact) mass is 426 g/mol. The first kappa shape index (κ1) is 22.5. The molecule has 0 bridgehead atoms. The number of ketones is 1. The van der Waals surface area contributed by atoms with Crippen LogP contribution >= 0.6 is 0 Å². The van der Waals surface area contributed by atoms with Crippen molar-refractivity contribution in [2.45, 2.75) is 120 Å². The van der Waals surface area contributed by atoms with Gasteiger partial charge in [-0.15, -0.1) is 0 Å².